The summed E-state index contributed by atoms with van der Waals surface area (Å²) in [5, 5.41) is 9.49. The fourth-order valence-electron chi connectivity index (χ4n) is 3.36. The molecule has 0 saturated heterocycles. The lowest BCUT2D eigenvalue weighted by Gasteiger charge is -2.12. The van der Waals surface area contributed by atoms with E-state index in [1.54, 1.807) is 43.3 Å². The first-order valence-electron chi connectivity index (χ1n) is 10.2. The number of aromatic nitrogens is 2. The molecule has 0 fully saturated rings. The number of rotatable bonds is 6. The van der Waals surface area contributed by atoms with Crippen LogP contribution in [-0.4, -0.2) is 21.6 Å². The summed E-state index contributed by atoms with van der Waals surface area (Å²) in [6, 6.07) is 14.6. The monoisotopic (exact) mass is 468 g/mol. The number of para-hydroxylation sites is 1. The fraction of sp³-hybridized carbons (Fsp3) is 0.125. The summed E-state index contributed by atoms with van der Waals surface area (Å²) < 4.78 is 45.6. The molecule has 7 nitrogen and oxygen atoms in total. The lowest BCUT2D eigenvalue weighted by molar-refractivity contribution is -0.137. The Hall–Kier alpha value is -4.34. The topological polar surface area (TPSA) is 89.2 Å². The maximum atomic E-state index is 13.1. The number of benzene rings is 2. The highest BCUT2D eigenvalue weighted by Gasteiger charge is 2.30. The van der Waals surface area contributed by atoms with Gasteiger partial charge in [0.2, 0.25) is 0 Å². The Morgan fingerprint density at radius 1 is 1.00 bits per heavy atom. The van der Waals surface area contributed by atoms with Crippen molar-refractivity contribution in [1.29, 1.82) is 0 Å². The fourth-order valence-corrected chi connectivity index (χ4v) is 3.36. The molecule has 0 aliphatic heterocycles. The van der Waals surface area contributed by atoms with E-state index in [0.717, 1.165) is 12.1 Å². The summed E-state index contributed by atoms with van der Waals surface area (Å²) >= 11 is 0. The zero-order valence-electron chi connectivity index (χ0n) is 17.9. The third kappa shape index (κ3) is 4.85. The molecule has 174 valence electrons. The first kappa shape index (κ1) is 22.8. The van der Waals surface area contributed by atoms with Gasteiger partial charge in [0.1, 0.15) is 5.76 Å². The van der Waals surface area contributed by atoms with E-state index in [-0.39, 0.29) is 29.0 Å². The number of carbonyl (C=O) groups is 2. The molecule has 2 amide bonds. The van der Waals surface area contributed by atoms with E-state index in [2.05, 4.69) is 15.7 Å². The quantitative estimate of drug-likeness (QED) is 0.418. The molecule has 34 heavy (non-hydrogen) atoms. The standard InChI is InChI=1S/C24H19F3N4O3/c1-15-20(14-29-31(15)17-7-4-6-16(12-17)24(25,26)27)23(33)30-21-10-3-2-9-19(21)22(32)28-13-18-8-5-11-34-18/h2-12,14H,13H2,1H3,(H,28,32)(H,30,33). The minimum absolute atomic E-state index is 0.156. The van der Waals surface area contributed by atoms with Gasteiger partial charge in [-0.25, -0.2) is 4.68 Å². The Bertz CT molecular complexity index is 1330. The van der Waals surface area contributed by atoms with Crippen LogP contribution in [0.2, 0.25) is 0 Å². The zero-order chi connectivity index (χ0) is 24.3. The molecule has 2 N–H and O–H groups in total. The van der Waals surface area contributed by atoms with Crippen molar-refractivity contribution in [2.24, 2.45) is 0 Å². The van der Waals surface area contributed by atoms with E-state index in [0.29, 0.717) is 11.5 Å². The maximum absolute atomic E-state index is 13.1. The third-order valence-electron chi connectivity index (χ3n) is 5.10. The number of hydrogen-bond donors (Lipinski definition) is 2. The average Bonchev–Trinajstić information content (AvgIpc) is 3.47. The van der Waals surface area contributed by atoms with E-state index in [1.165, 1.54) is 29.3 Å². The van der Waals surface area contributed by atoms with Gasteiger partial charge in [-0.1, -0.05) is 18.2 Å². The van der Waals surface area contributed by atoms with Gasteiger partial charge in [0.05, 0.1) is 52.8 Å². The smallest absolute Gasteiger partial charge is 0.416 e. The van der Waals surface area contributed by atoms with Gasteiger partial charge >= 0.3 is 6.18 Å². The number of furan rings is 1. The number of nitrogens with zero attached hydrogens (tertiary/aromatic N) is 2. The second kappa shape index (κ2) is 9.26. The van der Waals surface area contributed by atoms with Crippen LogP contribution in [0.25, 0.3) is 5.69 Å². The number of carbonyl (C=O) groups excluding carboxylic acids is 2. The summed E-state index contributed by atoms with van der Waals surface area (Å²) in [4.78, 5) is 25.6. The van der Waals surface area contributed by atoms with Crippen molar-refractivity contribution in [3.8, 4) is 5.69 Å². The second-order valence-corrected chi connectivity index (χ2v) is 7.37. The Morgan fingerprint density at radius 2 is 1.79 bits per heavy atom. The van der Waals surface area contributed by atoms with Gasteiger partial charge in [0.25, 0.3) is 11.8 Å². The van der Waals surface area contributed by atoms with E-state index in [1.807, 2.05) is 0 Å². The van der Waals surface area contributed by atoms with Crippen LogP contribution in [0.5, 0.6) is 0 Å². The van der Waals surface area contributed by atoms with Gasteiger partial charge in [-0.3, -0.25) is 9.59 Å². The predicted octanol–water partition coefficient (Wildman–Crippen LogP) is 4.97. The number of nitrogens with one attached hydrogen (secondary N) is 2. The molecule has 0 aliphatic rings. The summed E-state index contributed by atoms with van der Waals surface area (Å²) in [5.41, 5.74) is 0.366. The molecule has 2 heterocycles. The van der Waals surface area contributed by atoms with E-state index in [9.17, 15) is 22.8 Å². The van der Waals surface area contributed by atoms with Crippen molar-refractivity contribution in [3.05, 3.63) is 101 Å². The van der Waals surface area contributed by atoms with Crippen molar-refractivity contribution >= 4 is 17.5 Å². The van der Waals surface area contributed by atoms with Gasteiger partial charge in [-0.05, 0) is 49.4 Å². The van der Waals surface area contributed by atoms with Crippen LogP contribution in [0.3, 0.4) is 0 Å². The molecule has 4 aromatic rings. The van der Waals surface area contributed by atoms with Crippen LogP contribution >= 0.6 is 0 Å². The molecule has 2 aromatic carbocycles. The molecule has 0 bridgehead atoms. The maximum Gasteiger partial charge on any atom is 0.416 e. The van der Waals surface area contributed by atoms with Gasteiger partial charge in [-0.2, -0.15) is 18.3 Å². The number of amides is 2. The molecule has 0 radical (unpaired) electrons. The Balaban J connectivity index is 1.53. The number of hydrogen-bond acceptors (Lipinski definition) is 4. The van der Waals surface area contributed by atoms with Crippen LogP contribution in [-0.2, 0) is 12.7 Å². The summed E-state index contributed by atoms with van der Waals surface area (Å²) in [7, 11) is 0. The third-order valence-corrected chi connectivity index (χ3v) is 5.10. The molecular weight excluding hydrogens is 449 g/mol. The van der Waals surface area contributed by atoms with Crippen molar-refractivity contribution in [1.82, 2.24) is 15.1 Å². The minimum atomic E-state index is -4.50. The molecule has 10 heteroatoms. The van der Waals surface area contributed by atoms with E-state index < -0.39 is 23.6 Å². The normalized spacial score (nSPS) is 11.3. The largest absolute Gasteiger partial charge is 0.467 e. The molecule has 2 aromatic heterocycles. The first-order chi connectivity index (χ1) is 16.2. The van der Waals surface area contributed by atoms with Gasteiger partial charge in [-0.15, -0.1) is 0 Å². The first-order valence-corrected chi connectivity index (χ1v) is 10.2. The van der Waals surface area contributed by atoms with E-state index in [4.69, 9.17) is 4.42 Å². The Labute approximate surface area is 192 Å². The average molecular weight is 468 g/mol. The highest BCUT2D eigenvalue weighted by Crippen LogP contribution is 2.30. The number of halogens is 3. The highest BCUT2D eigenvalue weighted by atomic mass is 19.4. The van der Waals surface area contributed by atoms with Crippen molar-refractivity contribution in [2.75, 3.05) is 5.32 Å². The molecule has 0 aliphatic carbocycles. The van der Waals surface area contributed by atoms with Crippen LogP contribution in [0.15, 0.2) is 77.5 Å². The van der Waals surface area contributed by atoms with Gasteiger partial charge < -0.3 is 15.1 Å². The number of anilines is 1. The molecular formula is C24H19F3N4O3. The molecule has 0 spiro atoms. The van der Waals surface area contributed by atoms with E-state index >= 15 is 0 Å². The SMILES string of the molecule is Cc1c(C(=O)Nc2ccccc2C(=O)NCc2ccco2)cnn1-c1cccc(C(F)(F)F)c1. The van der Waals surface area contributed by atoms with Gasteiger partial charge in [0.15, 0.2) is 0 Å². The molecule has 0 saturated carbocycles. The summed E-state index contributed by atoms with van der Waals surface area (Å²) in [6.07, 6.45) is -1.74. The minimum Gasteiger partial charge on any atom is -0.467 e. The highest BCUT2D eigenvalue weighted by molar-refractivity contribution is 6.09. The molecule has 0 unspecified atom stereocenters. The van der Waals surface area contributed by atoms with Crippen molar-refractivity contribution < 1.29 is 27.2 Å². The molecule has 0 atom stereocenters. The predicted molar refractivity (Wildman–Crippen MR) is 118 cm³/mol. The van der Waals surface area contributed by atoms with Crippen molar-refractivity contribution in [2.45, 2.75) is 19.6 Å². The lowest BCUT2D eigenvalue weighted by atomic mass is 10.1. The molecule has 4 rings (SSSR count). The zero-order valence-corrected chi connectivity index (χ0v) is 17.9. The number of alkyl halides is 3. The van der Waals surface area contributed by atoms with Crippen molar-refractivity contribution in [3.63, 3.8) is 0 Å². The van der Waals surface area contributed by atoms with Gasteiger partial charge in [0, 0.05) is 0 Å². The summed E-state index contributed by atoms with van der Waals surface area (Å²) in [5.74, 6) is -0.391. The van der Waals surface area contributed by atoms with Crippen LogP contribution in [0, 0.1) is 6.92 Å². The van der Waals surface area contributed by atoms with Crippen LogP contribution < -0.4 is 10.6 Å². The second-order valence-electron chi connectivity index (χ2n) is 7.37. The Kier molecular flexibility index (Phi) is 6.22. The van der Waals surface area contributed by atoms with Crippen LogP contribution in [0.1, 0.15) is 37.7 Å². The Morgan fingerprint density at radius 3 is 2.53 bits per heavy atom. The lowest BCUT2D eigenvalue weighted by Crippen LogP contribution is -2.24. The summed E-state index contributed by atoms with van der Waals surface area (Å²) in [6.45, 7) is 1.75. The van der Waals surface area contributed by atoms with Crippen LogP contribution in [0.4, 0.5) is 18.9 Å².